The van der Waals surface area contributed by atoms with E-state index in [1.807, 2.05) is 0 Å². The topological polar surface area (TPSA) is 446 Å². The lowest BCUT2D eigenvalue weighted by molar-refractivity contribution is -0.432. The number of H-pyrrole nitrogens is 2. The zero-order valence-corrected chi connectivity index (χ0v) is 36.7. The van der Waals surface area contributed by atoms with E-state index in [1.54, 1.807) is 6.92 Å². The van der Waals surface area contributed by atoms with Crippen molar-refractivity contribution in [2.45, 2.75) is 33.4 Å². The molecular formula is C34H29N13O16S4. The molecule has 0 saturated heterocycles. The Labute approximate surface area is 381 Å². The van der Waals surface area contributed by atoms with E-state index in [0.717, 1.165) is 30.3 Å². The van der Waals surface area contributed by atoms with Gasteiger partial charge in [-0.2, -0.15) is 31.1 Å². The number of carbonyl (C=O) groups is 2. The van der Waals surface area contributed by atoms with Crippen LogP contribution >= 0.6 is 24.1 Å². The molecule has 0 aliphatic rings. The smallest absolute Gasteiger partial charge is 0.326 e. The summed E-state index contributed by atoms with van der Waals surface area (Å²) in [5.41, 5.74) is 2.69. The number of aromatic amines is 2. The van der Waals surface area contributed by atoms with Gasteiger partial charge >= 0.3 is 12.1 Å². The number of azo groups is 2. The number of phenols is 1. The van der Waals surface area contributed by atoms with Gasteiger partial charge in [0.25, 0.3) is 31.4 Å². The number of nitrogens with one attached hydrogen (secondary N) is 6. The number of benzene rings is 4. The third-order valence-electron chi connectivity index (χ3n) is 8.32. The summed E-state index contributed by atoms with van der Waals surface area (Å²) in [5, 5.41) is 57.7. The van der Waals surface area contributed by atoms with Gasteiger partial charge in [-0.05, 0) is 67.8 Å². The number of amides is 4. The van der Waals surface area contributed by atoms with Gasteiger partial charge in [-0.1, -0.05) is 5.04 Å². The number of carbonyl (C=O) groups excluding carboxylic acids is 2. The molecule has 6 rings (SSSR count). The molecular weight excluding hydrogens is 975 g/mol. The second kappa shape index (κ2) is 20.4. The van der Waals surface area contributed by atoms with Crippen LogP contribution in [-0.4, -0.2) is 73.6 Å². The number of nitrogen functional groups attached to an aromatic ring is 1. The van der Waals surface area contributed by atoms with Gasteiger partial charge in [0.1, 0.15) is 32.5 Å². The number of aromatic nitrogens is 4. The Hall–Kier alpha value is -7.44. The largest absolute Gasteiger partial charge is 0.505 e. The van der Waals surface area contributed by atoms with Crippen LogP contribution in [0.3, 0.4) is 0 Å². The van der Waals surface area contributed by atoms with Crippen LogP contribution in [0, 0.1) is 13.8 Å². The maximum Gasteiger partial charge on any atom is 0.326 e. The fourth-order valence-corrected chi connectivity index (χ4v) is 7.88. The third-order valence-corrected chi connectivity index (χ3v) is 11.3. The molecule has 2 heterocycles. The molecule has 0 spiro atoms. The summed E-state index contributed by atoms with van der Waals surface area (Å²) in [6.07, 6.45) is 0. The normalized spacial score (nSPS) is 11.9. The molecule has 0 fully saturated rings. The van der Waals surface area contributed by atoms with Crippen molar-refractivity contribution in [2.75, 3.05) is 27.0 Å². The molecule has 350 valence electrons. The van der Waals surface area contributed by atoms with Gasteiger partial charge < -0.3 is 31.4 Å². The zero-order valence-electron chi connectivity index (χ0n) is 33.4. The Bertz CT molecular complexity index is 3370. The van der Waals surface area contributed by atoms with E-state index in [0.29, 0.717) is 23.4 Å². The van der Waals surface area contributed by atoms with E-state index in [2.05, 4.69) is 75.4 Å². The number of aryl methyl sites for hydroxylation is 2. The van der Waals surface area contributed by atoms with Crippen LogP contribution in [-0.2, 0) is 33.9 Å². The molecule has 6 aromatic rings. The van der Waals surface area contributed by atoms with Gasteiger partial charge in [0, 0.05) is 34.9 Å². The number of phenolic OH excluding ortho intramolecular Hbond substituents is 1. The van der Waals surface area contributed by atoms with Gasteiger partial charge in [0.15, 0.2) is 5.75 Å². The summed E-state index contributed by atoms with van der Waals surface area (Å²) in [7, 11) is -10.3. The molecule has 4 amide bonds. The Balaban J connectivity index is 1.42. The van der Waals surface area contributed by atoms with E-state index < -0.39 is 87.1 Å². The van der Waals surface area contributed by atoms with Crippen molar-refractivity contribution >= 4 is 119 Å². The van der Waals surface area contributed by atoms with Crippen molar-refractivity contribution in [3.05, 3.63) is 92.8 Å². The number of rotatable bonds is 15. The lowest BCUT2D eigenvalue weighted by atomic mass is 10.1. The number of anilines is 5. The van der Waals surface area contributed by atoms with Crippen molar-refractivity contribution in [3.8, 4) is 5.75 Å². The van der Waals surface area contributed by atoms with Crippen LogP contribution in [0.5, 0.6) is 5.75 Å². The first-order valence-electron chi connectivity index (χ1n) is 17.8. The zero-order chi connectivity index (χ0) is 48.8. The summed E-state index contributed by atoms with van der Waals surface area (Å²) < 4.78 is 79.1. The first kappa shape index (κ1) is 49.0. The highest BCUT2D eigenvalue weighted by Crippen LogP contribution is 2.50. The maximum atomic E-state index is 12.8. The van der Waals surface area contributed by atoms with E-state index in [4.69, 9.17) is 11.0 Å². The SMILES string of the molecule is Cc1cc(=O)nc(NC(=O)Nc2ccc(SOOO)c(/N=N/c3c(S(=O)(=O)O)cc4cc(SOO)c(/N=N/c5cc(NC(=O)Nc6nc(=O)cc(C)[nH]6)ccc5S(=O)(=O)O)c(O)c4c3N)c2)[nH]1. The average Bonchev–Trinajstić information content (AvgIpc) is 3.21. The summed E-state index contributed by atoms with van der Waals surface area (Å²) in [6.45, 7) is 3.08. The Morgan fingerprint density at radius 3 is 1.76 bits per heavy atom. The van der Waals surface area contributed by atoms with Crippen molar-refractivity contribution in [1.29, 1.82) is 0 Å². The fourth-order valence-electron chi connectivity index (χ4n) is 5.72. The van der Waals surface area contributed by atoms with E-state index >= 15 is 0 Å². The third kappa shape index (κ3) is 12.3. The minimum absolute atomic E-state index is 0.000144. The number of fused-ring (bicyclic) bond motifs is 1. The molecule has 0 radical (unpaired) electrons. The van der Waals surface area contributed by atoms with Crippen molar-refractivity contribution in [2.24, 2.45) is 20.5 Å². The molecule has 13 N–H and O–H groups in total. The van der Waals surface area contributed by atoms with Gasteiger partial charge in [-0.15, -0.1) is 24.8 Å². The molecule has 33 heteroatoms. The highest BCUT2D eigenvalue weighted by Gasteiger charge is 2.26. The lowest BCUT2D eigenvalue weighted by Gasteiger charge is -2.14. The molecule has 0 aliphatic carbocycles. The molecule has 0 saturated carbocycles. The van der Waals surface area contributed by atoms with Gasteiger partial charge in [-0.25, -0.2) is 20.1 Å². The van der Waals surface area contributed by atoms with Crippen molar-refractivity contribution < 1.29 is 64.9 Å². The molecule has 2 aromatic heterocycles. The minimum Gasteiger partial charge on any atom is -0.505 e. The monoisotopic (exact) mass is 1000 g/mol. The number of urea groups is 2. The second-order valence-corrected chi connectivity index (χ2v) is 17.3. The minimum atomic E-state index is -5.24. The van der Waals surface area contributed by atoms with Crippen molar-refractivity contribution in [1.82, 2.24) is 19.9 Å². The maximum absolute atomic E-state index is 12.8. The molecule has 67 heavy (non-hydrogen) atoms. The molecule has 4 aromatic carbocycles. The fraction of sp³-hybridized carbons (Fsp3) is 0.0588. The van der Waals surface area contributed by atoms with E-state index in [1.165, 1.54) is 37.3 Å². The van der Waals surface area contributed by atoms with Gasteiger partial charge in [0.05, 0.1) is 45.0 Å². The lowest BCUT2D eigenvalue weighted by Crippen LogP contribution is -2.23. The summed E-state index contributed by atoms with van der Waals surface area (Å²) >= 11 is 0.485. The van der Waals surface area contributed by atoms with E-state index in [9.17, 15) is 55.5 Å². The van der Waals surface area contributed by atoms with Crippen LogP contribution in [0.4, 0.5) is 61.3 Å². The van der Waals surface area contributed by atoms with E-state index in [-0.39, 0.29) is 56.2 Å². The molecule has 0 bridgehead atoms. The summed E-state index contributed by atoms with van der Waals surface area (Å²) in [6, 6.07) is 8.91. The van der Waals surface area contributed by atoms with Crippen LogP contribution in [0.15, 0.2) is 110 Å². The predicted octanol–water partition coefficient (Wildman–Crippen LogP) is 6.45. The Kier molecular flexibility index (Phi) is 14.9. The standard InChI is InChI=1S/C34H29N13O16S4/c1-13-7-24(48)40-31(36-13)42-33(51)38-16-3-5-20(65-63-61-53)18(11-16)44-47-29-23(67(58,59)60)10-15-9-21(64-62-54)28(30(50)26(15)27(29)35)46-45-19-12-17(4-6-22(19)66(55,56)57)39-34(52)43-32-37-14(2)8-25(49)41-32/h3-12,50,53-54H,35H2,1-2H3,(H,55,56,57)(H,58,59,60)(H3,36,38,40,42,48,51)(H3,37,39,41,43,49,52)/b46-45+,47-44+. The predicted molar refractivity (Wildman–Crippen MR) is 236 cm³/mol. The Morgan fingerprint density at radius 2 is 1.22 bits per heavy atom. The average molecular weight is 1000 g/mol. The van der Waals surface area contributed by atoms with Gasteiger partial charge in [-0.3, -0.25) is 29.3 Å². The van der Waals surface area contributed by atoms with Crippen molar-refractivity contribution in [3.63, 3.8) is 0 Å². The van der Waals surface area contributed by atoms with Crippen LogP contribution in [0.25, 0.3) is 10.8 Å². The number of hydrogen-bond acceptors (Lipinski definition) is 23. The Morgan fingerprint density at radius 1 is 0.687 bits per heavy atom. The van der Waals surface area contributed by atoms with Crippen LogP contribution in [0.2, 0.25) is 0 Å². The molecule has 0 aliphatic heterocycles. The highest BCUT2D eigenvalue weighted by atomic mass is 32.2. The number of nitrogens with two attached hydrogens (primary N) is 1. The number of nitrogens with zero attached hydrogens (tertiary/aromatic N) is 6. The van der Waals surface area contributed by atoms with Gasteiger partial charge in [0.2, 0.25) is 11.9 Å². The van der Waals surface area contributed by atoms with Crippen LogP contribution < -0.4 is 38.1 Å². The summed E-state index contributed by atoms with van der Waals surface area (Å²) in [4.78, 5) is 59.4. The summed E-state index contributed by atoms with van der Waals surface area (Å²) in [5.74, 6) is -1.37. The second-order valence-electron chi connectivity index (χ2n) is 13.1. The first-order chi connectivity index (χ1) is 31.6. The highest BCUT2D eigenvalue weighted by molar-refractivity contribution is 7.95. The molecule has 0 unspecified atom stereocenters. The quantitative estimate of drug-likeness (QED) is 0.0131. The number of aromatic hydroxyl groups is 1. The number of hydrogen-bond donors (Lipinski definition) is 12. The molecule has 29 nitrogen and oxygen atoms in total. The van der Waals surface area contributed by atoms with Crippen LogP contribution in [0.1, 0.15) is 11.4 Å². The molecule has 0 atom stereocenters. The first-order valence-corrected chi connectivity index (χ1v) is 22.1.